The summed E-state index contributed by atoms with van der Waals surface area (Å²) in [4.78, 5) is 17.3. The molecule has 0 saturated carbocycles. The van der Waals surface area contributed by atoms with Crippen LogP contribution >= 0.6 is 0 Å². The fourth-order valence-corrected chi connectivity index (χ4v) is 4.30. The van der Waals surface area contributed by atoms with Gasteiger partial charge in [-0.3, -0.25) is 0 Å². The maximum atomic E-state index is 12.4. The predicted molar refractivity (Wildman–Crippen MR) is 135 cm³/mol. The topological polar surface area (TPSA) is 73.6 Å². The van der Waals surface area contributed by atoms with E-state index in [1.165, 1.54) is 0 Å². The predicted octanol–water partition coefficient (Wildman–Crippen LogP) is 6.37. The number of methoxy groups -OCH3 is 2. The van der Waals surface area contributed by atoms with Gasteiger partial charge in [-0.1, -0.05) is 24.8 Å². The molecule has 6 nitrogen and oxygen atoms in total. The summed E-state index contributed by atoms with van der Waals surface area (Å²) in [5.41, 5.74) is 5.53. The first-order valence-electron chi connectivity index (χ1n) is 11.0. The van der Waals surface area contributed by atoms with Crippen molar-refractivity contribution in [1.82, 2.24) is 9.55 Å². The molecule has 1 N–H and O–H groups in total. The number of benzene rings is 3. The quantitative estimate of drug-likeness (QED) is 0.350. The molecule has 0 bridgehead atoms. The van der Waals surface area contributed by atoms with Gasteiger partial charge in [-0.25, -0.2) is 9.78 Å². The summed E-state index contributed by atoms with van der Waals surface area (Å²) in [5.74, 6) is 0.774. The van der Waals surface area contributed by atoms with E-state index in [1.54, 1.807) is 26.4 Å². The second kappa shape index (κ2) is 9.06. The fraction of sp³-hybridized carbons (Fsp3) is 0.214. The van der Waals surface area contributed by atoms with Gasteiger partial charge in [0.1, 0.15) is 17.3 Å². The summed E-state index contributed by atoms with van der Waals surface area (Å²) >= 11 is 0. The van der Waals surface area contributed by atoms with Crippen LogP contribution in [0, 0.1) is 6.92 Å². The van der Waals surface area contributed by atoms with Gasteiger partial charge >= 0.3 is 5.97 Å². The van der Waals surface area contributed by atoms with Crippen molar-refractivity contribution in [1.29, 1.82) is 0 Å². The van der Waals surface area contributed by atoms with E-state index in [-0.39, 0.29) is 11.6 Å². The molecule has 0 aliphatic rings. The summed E-state index contributed by atoms with van der Waals surface area (Å²) in [6.45, 7) is 10.5. The second-order valence-corrected chi connectivity index (χ2v) is 8.47. The highest BCUT2D eigenvalue weighted by Crippen LogP contribution is 2.42. The SMILES string of the molecule is C=C(c1ccc(OC)cc1)c1c(OC)ccc(C(=O)O)c1-c1nc2ccc(C)cc2n1C(C)C. The van der Waals surface area contributed by atoms with Crippen molar-refractivity contribution in [2.75, 3.05) is 14.2 Å². The van der Waals surface area contributed by atoms with Gasteiger partial charge in [0, 0.05) is 17.2 Å². The zero-order valence-corrected chi connectivity index (χ0v) is 20.0. The molecule has 0 unspecified atom stereocenters. The third-order valence-corrected chi connectivity index (χ3v) is 5.94. The smallest absolute Gasteiger partial charge is 0.336 e. The van der Waals surface area contributed by atoms with Crippen molar-refractivity contribution in [3.8, 4) is 22.9 Å². The van der Waals surface area contributed by atoms with Crippen LogP contribution in [0.5, 0.6) is 11.5 Å². The van der Waals surface area contributed by atoms with Gasteiger partial charge in [0.25, 0.3) is 0 Å². The molecule has 0 atom stereocenters. The lowest BCUT2D eigenvalue weighted by Crippen LogP contribution is -2.10. The maximum absolute atomic E-state index is 12.4. The van der Waals surface area contributed by atoms with Crippen LogP contribution in [-0.2, 0) is 0 Å². The monoisotopic (exact) mass is 456 g/mol. The molecular formula is C28H28N2O4. The molecule has 1 aromatic heterocycles. The van der Waals surface area contributed by atoms with Crippen molar-refractivity contribution in [2.24, 2.45) is 0 Å². The number of aromatic nitrogens is 2. The zero-order valence-electron chi connectivity index (χ0n) is 20.0. The van der Waals surface area contributed by atoms with E-state index in [0.29, 0.717) is 28.3 Å². The molecule has 0 saturated heterocycles. The molecule has 0 fully saturated rings. The summed E-state index contributed by atoms with van der Waals surface area (Å²) in [7, 11) is 3.18. The zero-order chi connectivity index (χ0) is 24.6. The minimum absolute atomic E-state index is 0.0387. The number of carbonyl (C=O) groups is 1. The molecule has 6 heteroatoms. The fourth-order valence-electron chi connectivity index (χ4n) is 4.30. The Bertz CT molecular complexity index is 1400. The number of nitrogens with zero attached hydrogens (tertiary/aromatic N) is 2. The Kier molecular flexibility index (Phi) is 6.16. The molecule has 174 valence electrons. The molecule has 4 aromatic rings. The lowest BCUT2D eigenvalue weighted by Gasteiger charge is -2.21. The largest absolute Gasteiger partial charge is 0.497 e. The second-order valence-electron chi connectivity index (χ2n) is 8.47. The van der Waals surface area contributed by atoms with Crippen LogP contribution in [0.3, 0.4) is 0 Å². The maximum Gasteiger partial charge on any atom is 0.336 e. The molecule has 0 radical (unpaired) electrons. The Morgan fingerprint density at radius 1 is 1.03 bits per heavy atom. The lowest BCUT2D eigenvalue weighted by molar-refractivity contribution is 0.0697. The van der Waals surface area contributed by atoms with Crippen LogP contribution in [0.4, 0.5) is 0 Å². The van der Waals surface area contributed by atoms with E-state index < -0.39 is 5.97 Å². The Morgan fingerprint density at radius 3 is 2.32 bits per heavy atom. The molecular weight excluding hydrogens is 428 g/mol. The normalized spacial score (nSPS) is 11.1. The number of carboxylic acids is 1. The number of hydrogen-bond acceptors (Lipinski definition) is 4. The summed E-state index contributed by atoms with van der Waals surface area (Å²) in [5, 5.41) is 10.2. The van der Waals surface area contributed by atoms with Crippen LogP contribution in [0.15, 0.2) is 61.2 Å². The first kappa shape index (κ1) is 23.1. The van der Waals surface area contributed by atoms with Crippen LogP contribution in [0.2, 0.25) is 0 Å². The number of ether oxygens (including phenoxy) is 2. The van der Waals surface area contributed by atoms with E-state index in [4.69, 9.17) is 14.5 Å². The highest BCUT2D eigenvalue weighted by molar-refractivity contribution is 6.02. The minimum Gasteiger partial charge on any atom is -0.497 e. The van der Waals surface area contributed by atoms with Crippen molar-refractivity contribution in [2.45, 2.75) is 26.8 Å². The highest BCUT2D eigenvalue weighted by atomic mass is 16.5. The standard InChI is InChI=1S/C28H28N2O4/c1-16(2)30-23-15-17(3)7-13-22(23)29-27(30)26-21(28(31)32)12-14-24(34-6)25(26)18(4)19-8-10-20(33-5)11-9-19/h7-16H,4H2,1-3,5-6H3,(H,31,32). The van der Waals surface area contributed by atoms with E-state index in [0.717, 1.165) is 27.9 Å². The molecule has 3 aromatic carbocycles. The van der Waals surface area contributed by atoms with Gasteiger partial charge < -0.3 is 19.1 Å². The van der Waals surface area contributed by atoms with Gasteiger partial charge in [0.05, 0.1) is 30.8 Å². The minimum atomic E-state index is -1.04. The Labute approximate surface area is 199 Å². The Morgan fingerprint density at radius 2 is 1.74 bits per heavy atom. The first-order chi connectivity index (χ1) is 16.3. The van der Waals surface area contributed by atoms with Crippen LogP contribution in [0.1, 0.15) is 46.9 Å². The highest BCUT2D eigenvalue weighted by Gasteiger charge is 2.27. The Balaban J connectivity index is 2.09. The first-order valence-corrected chi connectivity index (χ1v) is 11.0. The average molecular weight is 457 g/mol. The molecule has 0 spiro atoms. The summed E-state index contributed by atoms with van der Waals surface area (Å²) in [6, 6.07) is 16.8. The number of fused-ring (bicyclic) bond motifs is 1. The van der Waals surface area contributed by atoms with Gasteiger partial charge in [-0.05, 0) is 73.9 Å². The van der Waals surface area contributed by atoms with E-state index in [2.05, 4.69) is 31.1 Å². The lowest BCUT2D eigenvalue weighted by atomic mass is 9.90. The van der Waals surface area contributed by atoms with Crippen molar-refractivity contribution in [3.05, 3.63) is 83.4 Å². The van der Waals surface area contributed by atoms with Crippen LogP contribution in [-0.4, -0.2) is 34.8 Å². The van der Waals surface area contributed by atoms with Crippen molar-refractivity contribution >= 4 is 22.6 Å². The molecule has 4 rings (SSSR count). The average Bonchev–Trinajstić information content (AvgIpc) is 3.21. The molecule has 34 heavy (non-hydrogen) atoms. The van der Waals surface area contributed by atoms with E-state index >= 15 is 0 Å². The number of imidazole rings is 1. The number of aromatic carboxylic acids is 1. The molecule has 1 heterocycles. The number of hydrogen-bond donors (Lipinski definition) is 1. The van der Waals surface area contributed by atoms with Gasteiger partial charge in [-0.15, -0.1) is 0 Å². The van der Waals surface area contributed by atoms with E-state index in [9.17, 15) is 9.90 Å². The number of carboxylic acid groups (broad SMARTS) is 1. The Hall–Kier alpha value is -4.06. The van der Waals surface area contributed by atoms with Crippen LogP contribution < -0.4 is 9.47 Å². The van der Waals surface area contributed by atoms with Gasteiger partial charge in [-0.2, -0.15) is 0 Å². The van der Waals surface area contributed by atoms with Crippen LogP contribution in [0.25, 0.3) is 28.0 Å². The van der Waals surface area contributed by atoms with Gasteiger partial charge in [0.2, 0.25) is 0 Å². The third-order valence-electron chi connectivity index (χ3n) is 5.94. The number of rotatable bonds is 7. The summed E-state index contributed by atoms with van der Waals surface area (Å²) in [6.07, 6.45) is 0. The molecule has 0 aliphatic carbocycles. The van der Waals surface area contributed by atoms with Crippen molar-refractivity contribution < 1.29 is 19.4 Å². The number of aryl methyl sites for hydroxylation is 1. The summed E-state index contributed by atoms with van der Waals surface area (Å²) < 4.78 is 13.1. The van der Waals surface area contributed by atoms with E-state index in [1.807, 2.05) is 43.3 Å². The van der Waals surface area contributed by atoms with Gasteiger partial charge in [0.15, 0.2) is 0 Å². The van der Waals surface area contributed by atoms with Crippen molar-refractivity contribution in [3.63, 3.8) is 0 Å². The molecule has 0 amide bonds. The third kappa shape index (κ3) is 3.92. The molecule has 0 aliphatic heterocycles.